The zero-order valence-corrected chi connectivity index (χ0v) is 11.4. The molecule has 2 heteroatoms. The topological polar surface area (TPSA) is 34.1 Å². The number of benzene rings is 2. The largest absolute Gasteiger partial charge is 0.299 e. The lowest BCUT2D eigenvalue weighted by Crippen LogP contribution is -2.34. The van der Waals surface area contributed by atoms with Crippen LogP contribution in [0.1, 0.15) is 34.3 Å². The summed E-state index contributed by atoms with van der Waals surface area (Å²) in [6.07, 6.45) is 0.746. The van der Waals surface area contributed by atoms with Crippen LogP contribution in [0.25, 0.3) is 0 Å². The van der Waals surface area contributed by atoms with Crippen LogP contribution >= 0.6 is 0 Å². The highest BCUT2D eigenvalue weighted by Crippen LogP contribution is 2.37. The van der Waals surface area contributed by atoms with Crippen LogP contribution in [0.4, 0.5) is 0 Å². The molecule has 0 unspecified atom stereocenters. The van der Waals surface area contributed by atoms with Crippen molar-refractivity contribution in [1.82, 2.24) is 0 Å². The lowest BCUT2D eigenvalue weighted by atomic mass is 9.70. The highest BCUT2D eigenvalue weighted by Gasteiger charge is 2.38. The molecule has 3 rings (SSSR count). The number of rotatable bonds is 2. The van der Waals surface area contributed by atoms with Crippen LogP contribution in [-0.2, 0) is 11.2 Å². The number of ketones is 2. The minimum atomic E-state index is -0.549. The van der Waals surface area contributed by atoms with Gasteiger partial charge in [0, 0.05) is 11.5 Å². The molecular weight excluding hydrogens is 248 g/mol. The summed E-state index contributed by atoms with van der Waals surface area (Å²) in [6, 6.07) is 17.5. The first-order valence-electron chi connectivity index (χ1n) is 6.86. The Hall–Kier alpha value is -2.22. The Morgan fingerprint density at radius 3 is 2.35 bits per heavy atom. The normalized spacial score (nSPS) is 21.4. The quantitative estimate of drug-likeness (QED) is 0.779. The number of hydrogen-bond donors (Lipinski definition) is 0. The molecule has 0 amide bonds. The molecule has 100 valence electrons. The molecule has 0 saturated carbocycles. The van der Waals surface area contributed by atoms with Gasteiger partial charge < -0.3 is 0 Å². The number of carbonyl (C=O) groups excluding carboxylic acids is 2. The average Bonchev–Trinajstić information content (AvgIpc) is 2.47. The van der Waals surface area contributed by atoms with Crippen LogP contribution in [0, 0.1) is 5.92 Å². The second kappa shape index (κ2) is 5.04. The molecule has 0 saturated heterocycles. The van der Waals surface area contributed by atoms with E-state index in [9.17, 15) is 9.59 Å². The molecule has 1 aliphatic carbocycles. The van der Waals surface area contributed by atoms with Gasteiger partial charge in [0.25, 0.3) is 0 Å². The van der Waals surface area contributed by atoms with E-state index in [2.05, 4.69) is 0 Å². The van der Waals surface area contributed by atoms with E-state index >= 15 is 0 Å². The predicted molar refractivity (Wildman–Crippen MR) is 77.8 cm³/mol. The van der Waals surface area contributed by atoms with E-state index in [1.54, 1.807) is 0 Å². The summed E-state index contributed by atoms with van der Waals surface area (Å²) in [7, 11) is 0. The van der Waals surface area contributed by atoms with Crippen LogP contribution in [0.3, 0.4) is 0 Å². The Kier molecular flexibility index (Phi) is 3.23. The minimum absolute atomic E-state index is 0.0341. The molecule has 0 aliphatic heterocycles. The summed E-state index contributed by atoms with van der Waals surface area (Å²) in [5.41, 5.74) is 2.82. The van der Waals surface area contributed by atoms with Gasteiger partial charge in [0.15, 0.2) is 5.78 Å². The van der Waals surface area contributed by atoms with Gasteiger partial charge in [-0.15, -0.1) is 0 Å². The fraction of sp³-hybridized carbons (Fsp3) is 0.222. The van der Waals surface area contributed by atoms with Crippen LogP contribution in [0.5, 0.6) is 0 Å². The third-order valence-electron chi connectivity index (χ3n) is 4.07. The van der Waals surface area contributed by atoms with Gasteiger partial charge in [-0.2, -0.15) is 0 Å². The molecule has 2 aromatic rings. The maximum Gasteiger partial charge on any atom is 0.174 e. The number of hydrogen-bond acceptors (Lipinski definition) is 2. The van der Waals surface area contributed by atoms with E-state index in [-0.39, 0.29) is 17.5 Å². The van der Waals surface area contributed by atoms with Gasteiger partial charge >= 0.3 is 0 Å². The monoisotopic (exact) mass is 264 g/mol. The molecule has 0 spiro atoms. The second-order valence-electron chi connectivity index (χ2n) is 5.33. The van der Waals surface area contributed by atoms with Crippen LogP contribution < -0.4 is 0 Å². The molecule has 0 fully saturated rings. The van der Waals surface area contributed by atoms with Gasteiger partial charge in [-0.25, -0.2) is 0 Å². The highest BCUT2D eigenvalue weighted by atomic mass is 16.1. The fourth-order valence-corrected chi connectivity index (χ4v) is 3.12. The van der Waals surface area contributed by atoms with E-state index in [0.29, 0.717) is 5.56 Å². The van der Waals surface area contributed by atoms with Crippen LogP contribution in [-0.4, -0.2) is 11.6 Å². The second-order valence-corrected chi connectivity index (χ2v) is 5.33. The van der Waals surface area contributed by atoms with Crippen molar-refractivity contribution in [1.29, 1.82) is 0 Å². The third kappa shape index (κ3) is 2.07. The van der Waals surface area contributed by atoms with E-state index in [0.717, 1.165) is 17.5 Å². The van der Waals surface area contributed by atoms with Crippen molar-refractivity contribution in [3.63, 3.8) is 0 Å². The SMILES string of the molecule is CC(=O)[C@@H]1C(=O)c2ccccc2C[C@H]1c1ccccc1. The Morgan fingerprint density at radius 2 is 1.65 bits per heavy atom. The number of Topliss-reactive ketones (excluding diaryl/α,β-unsaturated/α-hetero) is 2. The van der Waals surface area contributed by atoms with E-state index in [1.165, 1.54) is 6.92 Å². The molecule has 2 atom stereocenters. The standard InChI is InChI=1S/C18H16O2/c1-12(19)17-16(13-7-3-2-4-8-13)11-14-9-5-6-10-15(14)18(17)20/h2-10,16-17H,11H2,1H3/t16-,17-/m0/s1. The summed E-state index contributed by atoms with van der Waals surface area (Å²) in [4.78, 5) is 24.6. The van der Waals surface area contributed by atoms with E-state index < -0.39 is 5.92 Å². The molecule has 0 bridgehead atoms. The Morgan fingerprint density at radius 1 is 1.00 bits per heavy atom. The van der Waals surface area contributed by atoms with Crippen molar-refractivity contribution in [3.05, 3.63) is 71.3 Å². The molecule has 0 radical (unpaired) electrons. The lowest BCUT2D eigenvalue weighted by molar-refractivity contribution is -0.120. The number of carbonyl (C=O) groups is 2. The van der Waals surface area contributed by atoms with Crippen LogP contribution in [0.15, 0.2) is 54.6 Å². The van der Waals surface area contributed by atoms with Crippen LogP contribution in [0.2, 0.25) is 0 Å². The van der Waals surface area contributed by atoms with E-state index in [1.807, 2.05) is 54.6 Å². The Bertz CT molecular complexity index is 658. The van der Waals surface area contributed by atoms with Gasteiger partial charge in [-0.05, 0) is 24.5 Å². The summed E-state index contributed by atoms with van der Waals surface area (Å²) >= 11 is 0. The third-order valence-corrected chi connectivity index (χ3v) is 4.07. The smallest absolute Gasteiger partial charge is 0.174 e. The van der Waals surface area contributed by atoms with Gasteiger partial charge in [-0.3, -0.25) is 9.59 Å². The summed E-state index contributed by atoms with van der Waals surface area (Å²) < 4.78 is 0. The van der Waals surface area contributed by atoms with Gasteiger partial charge in [0.1, 0.15) is 5.78 Å². The lowest BCUT2D eigenvalue weighted by Gasteiger charge is -2.30. The predicted octanol–water partition coefficient (Wildman–Crippen LogP) is 3.41. The first-order chi connectivity index (χ1) is 9.68. The number of fused-ring (bicyclic) bond motifs is 1. The molecule has 0 N–H and O–H groups in total. The van der Waals surface area contributed by atoms with Gasteiger partial charge in [0.05, 0.1) is 5.92 Å². The van der Waals surface area contributed by atoms with Gasteiger partial charge in [0.2, 0.25) is 0 Å². The van der Waals surface area contributed by atoms with Crippen molar-refractivity contribution in [3.8, 4) is 0 Å². The van der Waals surface area contributed by atoms with Gasteiger partial charge in [-0.1, -0.05) is 54.6 Å². The molecule has 2 aromatic carbocycles. The molecule has 1 aliphatic rings. The first-order valence-corrected chi connectivity index (χ1v) is 6.86. The molecule has 2 nitrogen and oxygen atoms in total. The molecule has 0 aromatic heterocycles. The Balaban J connectivity index is 2.11. The highest BCUT2D eigenvalue weighted by molar-refractivity contribution is 6.12. The van der Waals surface area contributed by atoms with Crippen molar-refractivity contribution < 1.29 is 9.59 Å². The summed E-state index contributed by atoms with van der Waals surface area (Å²) in [6.45, 7) is 1.52. The summed E-state index contributed by atoms with van der Waals surface area (Å²) in [5, 5.41) is 0. The molecule has 0 heterocycles. The maximum absolute atomic E-state index is 12.6. The van der Waals surface area contributed by atoms with E-state index in [4.69, 9.17) is 0 Å². The average molecular weight is 264 g/mol. The molecule has 20 heavy (non-hydrogen) atoms. The zero-order valence-electron chi connectivity index (χ0n) is 11.4. The van der Waals surface area contributed by atoms with Crippen molar-refractivity contribution in [2.75, 3.05) is 0 Å². The van der Waals surface area contributed by atoms with Crippen molar-refractivity contribution in [2.45, 2.75) is 19.3 Å². The molecular formula is C18H16O2. The Labute approximate surface area is 118 Å². The van der Waals surface area contributed by atoms with Crippen molar-refractivity contribution >= 4 is 11.6 Å². The maximum atomic E-state index is 12.6. The summed E-state index contributed by atoms with van der Waals surface area (Å²) in [5.74, 6) is -0.671. The fourth-order valence-electron chi connectivity index (χ4n) is 3.12. The first kappa shape index (κ1) is 12.8. The van der Waals surface area contributed by atoms with Crippen molar-refractivity contribution in [2.24, 2.45) is 5.92 Å². The minimum Gasteiger partial charge on any atom is -0.299 e. The zero-order chi connectivity index (χ0) is 14.1.